The zero-order chi connectivity index (χ0) is 17.4. The maximum Gasteiger partial charge on any atom is 0.123 e. The van der Waals surface area contributed by atoms with E-state index in [2.05, 4.69) is 70.0 Å². The van der Waals surface area contributed by atoms with Gasteiger partial charge in [0.1, 0.15) is 5.82 Å². The lowest BCUT2D eigenvalue weighted by atomic mass is 10.2. The molecule has 0 N–H and O–H groups in total. The van der Waals surface area contributed by atoms with Crippen LogP contribution in [0.25, 0.3) is 5.69 Å². The third kappa shape index (κ3) is 3.51. The third-order valence-corrected chi connectivity index (χ3v) is 4.72. The van der Waals surface area contributed by atoms with E-state index in [1.807, 2.05) is 17.8 Å². The van der Waals surface area contributed by atoms with Gasteiger partial charge < -0.3 is 4.57 Å². The highest BCUT2D eigenvalue weighted by Gasteiger charge is 2.25. The maximum atomic E-state index is 4.59. The molecule has 1 aliphatic rings. The van der Waals surface area contributed by atoms with Crippen LogP contribution in [-0.2, 0) is 13.1 Å². The van der Waals surface area contributed by atoms with Crippen LogP contribution in [0, 0.1) is 13.8 Å². The second kappa shape index (κ2) is 6.48. The molecule has 5 heteroatoms. The zero-order valence-electron chi connectivity index (χ0n) is 15.2. The fourth-order valence-electron chi connectivity index (χ4n) is 3.44. The van der Waals surface area contributed by atoms with E-state index in [1.165, 1.54) is 24.2 Å². The average molecular weight is 335 g/mol. The van der Waals surface area contributed by atoms with E-state index in [9.17, 15) is 0 Å². The average Bonchev–Trinajstić information content (AvgIpc) is 3.22. The topological polar surface area (TPSA) is 38.9 Å². The number of aromatic nitrogens is 4. The molecule has 130 valence electrons. The molecule has 25 heavy (non-hydrogen) atoms. The Morgan fingerprint density at radius 1 is 1.16 bits per heavy atom. The second-order valence-corrected chi connectivity index (χ2v) is 7.16. The monoisotopic (exact) mass is 335 g/mol. The van der Waals surface area contributed by atoms with Crippen LogP contribution >= 0.6 is 0 Å². The molecule has 2 aromatic heterocycles. The summed E-state index contributed by atoms with van der Waals surface area (Å²) in [5, 5.41) is 4.59. The van der Waals surface area contributed by atoms with E-state index in [4.69, 9.17) is 0 Å². The SMILES string of the molecule is Cc1cc(C)n(-c2cccc(CN(C)Cc3nccn3C3CC3)c2)n1. The summed E-state index contributed by atoms with van der Waals surface area (Å²) in [5.41, 5.74) is 4.62. The van der Waals surface area contributed by atoms with Crippen molar-refractivity contribution in [2.45, 2.75) is 45.8 Å². The molecule has 0 radical (unpaired) electrons. The number of rotatable bonds is 6. The summed E-state index contributed by atoms with van der Waals surface area (Å²) in [4.78, 5) is 6.87. The number of nitrogens with zero attached hydrogens (tertiary/aromatic N) is 5. The first-order valence-corrected chi connectivity index (χ1v) is 8.93. The Kier molecular flexibility index (Phi) is 4.17. The summed E-state index contributed by atoms with van der Waals surface area (Å²) < 4.78 is 4.35. The molecule has 0 aliphatic heterocycles. The van der Waals surface area contributed by atoms with E-state index in [-0.39, 0.29) is 0 Å². The summed E-state index contributed by atoms with van der Waals surface area (Å²) in [5.74, 6) is 1.17. The predicted molar refractivity (Wildman–Crippen MR) is 98.7 cm³/mol. The quantitative estimate of drug-likeness (QED) is 0.690. The van der Waals surface area contributed by atoms with Crippen molar-refractivity contribution in [1.29, 1.82) is 0 Å². The van der Waals surface area contributed by atoms with Crippen LogP contribution in [0.1, 0.15) is 41.7 Å². The van der Waals surface area contributed by atoms with Crippen LogP contribution in [-0.4, -0.2) is 31.3 Å². The molecule has 1 fully saturated rings. The standard InChI is InChI=1S/C20H25N5/c1-15-11-16(2)25(22-15)19-6-4-5-17(12-19)13-23(3)14-20-21-9-10-24(20)18-7-8-18/h4-6,9-12,18H,7-8,13-14H2,1-3H3. The van der Waals surface area contributed by atoms with Gasteiger partial charge in [0.15, 0.2) is 0 Å². The van der Waals surface area contributed by atoms with E-state index >= 15 is 0 Å². The van der Waals surface area contributed by atoms with Gasteiger partial charge in [-0.05, 0) is 57.5 Å². The molecule has 5 nitrogen and oxygen atoms in total. The minimum absolute atomic E-state index is 0.681. The minimum atomic E-state index is 0.681. The van der Waals surface area contributed by atoms with Gasteiger partial charge >= 0.3 is 0 Å². The third-order valence-electron chi connectivity index (χ3n) is 4.72. The van der Waals surface area contributed by atoms with Crippen molar-refractivity contribution in [3.8, 4) is 5.69 Å². The van der Waals surface area contributed by atoms with Gasteiger partial charge in [0.2, 0.25) is 0 Å². The van der Waals surface area contributed by atoms with Crippen LogP contribution in [0.3, 0.4) is 0 Å². The van der Waals surface area contributed by atoms with Crippen LogP contribution in [0.15, 0.2) is 42.7 Å². The first kappa shape index (κ1) is 16.1. The minimum Gasteiger partial charge on any atom is -0.331 e. The molecule has 0 spiro atoms. The molecule has 1 aromatic carbocycles. The Balaban J connectivity index is 1.48. The molecule has 0 amide bonds. The molecule has 4 rings (SSSR count). The lowest BCUT2D eigenvalue weighted by molar-refractivity contribution is 0.305. The van der Waals surface area contributed by atoms with E-state index in [0.717, 1.165) is 30.2 Å². The van der Waals surface area contributed by atoms with Crippen molar-refractivity contribution >= 4 is 0 Å². The van der Waals surface area contributed by atoms with Crippen molar-refractivity contribution < 1.29 is 0 Å². The molecule has 0 unspecified atom stereocenters. The van der Waals surface area contributed by atoms with E-state index < -0.39 is 0 Å². The van der Waals surface area contributed by atoms with Gasteiger partial charge in [-0.3, -0.25) is 4.90 Å². The molecule has 2 heterocycles. The van der Waals surface area contributed by atoms with Gasteiger partial charge in [0, 0.05) is 30.7 Å². The number of benzene rings is 1. The van der Waals surface area contributed by atoms with Crippen LogP contribution in [0.4, 0.5) is 0 Å². The molecular weight excluding hydrogens is 310 g/mol. The summed E-state index contributed by atoms with van der Waals surface area (Å²) >= 11 is 0. The number of aryl methyl sites for hydroxylation is 2. The Hall–Kier alpha value is -2.40. The Morgan fingerprint density at radius 3 is 2.72 bits per heavy atom. The first-order valence-electron chi connectivity index (χ1n) is 8.93. The maximum absolute atomic E-state index is 4.59. The van der Waals surface area contributed by atoms with Gasteiger partial charge in [-0.1, -0.05) is 12.1 Å². The second-order valence-electron chi connectivity index (χ2n) is 7.16. The highest BCUT2D eigenvalue weighted by molar-refractivity contribution is 5.37. The van der Waals surface area contributed by atoms with Gasteiger partial charge in [0.25, 0.3) is 0 Å². The summed E-state index contributed by atoms with van der Waals surface area (Å²) in [6.45, 7) is 5.89. The molecule has 3 aromatic rings. The van der Waals surface area contributed by atoms with Crippen LogP contribution < -0.4 is 0 Å². The Bertz CT molecular complexity index is 872. The fraction of sp³-hybridized carbons (Fsp3) is 0.400. The van der Waals surface area contributed by atoms with Crippen molar-refractivity contribution in [2.75, 3.05) is 7.05 Å². The summed E-state index contributed by atoms with van der Waals surface area (Å²) in [7, 11) is 2.15. The lowest BCUT2D eigenvalue weighted by Gasteiger charge is -2.18. The summed E-state index contributed by atoms with van der Waals surface area (Å²) in [6, 6.07) is 11.4. The van der Waals surface area contributed by atoms with Gasteiger partial charge in [-0.2, -0.15) is 5.10 Å². The largest absolute Gasteiger partial charge is 0.331 e. The van der Waals surface area contributed by atoms with Crippen molar-refractivity contribution in [3.05, 3.63) is 65.5 Å². The Labute approximate surface area is 148 Å². The molecule has 0 bridgehead atoms. The number of hydrogen-bond donors (Lipinski definition) is 0. The van der Waals surface area contributed by atoms with E-state index in [1.54, 1.807) is 0 Å². The number of imidazole rings is 1. The molecule has 0 atom stereocenters. The first-order chi connectivity index (χ1) is 12.1. The molecule has 1 saturated carbocycles. The normalized spacial score (nSPS) is 14.4. The predicted octanol–water partition coefficient (Wildman–Crippen LogP) is 3.65. The molecule has 1 aliphatic carbocycles. The molecule has 0 saturated heterocycles. The van der Waals surface area contributed by atoms with Gasteiger partial charge in [0.05, 0.1) is 17.9 Å². The highest BCUT2D eigenvalue weighted by atomic mass is 15.3. The van der Waals surface area contributed by atoms with Gasteiger partial charge in [-0.25, -0.2) is 9.67 Å². The van der Waals surface area contributed by atoms with Crippen LogP contribution in [0.2, 0.25) is 0 Å². The summed E-state index contributed by atoms with van der Waals surface area (Å²) in [6.07, 6.45) is 6.62. The van der Waals surface area contributed by atoms with Crippen molar-refractivity contribution in [3.63, 3.8) is 0 Å². The van der Waals surface area contributed by atoms with Crippen LogP contribution in [0.5, 0.6) is 0 Å². The number of hydrogen-bond acceptors (Lipinski definition) is 3. The smallest absolute Gasteiger partial charge is 0.123 e. The fourth-order valence-corrected chi connectivity index (χ4v) is 3.44. The zero-order valence-corrected chi connectivity index (χ0v) is 15.2. The highest BCUT2D eigenvalue weighted by Crippen LogP contribution is 2.35. The lowest BCUT2D eigenvalue weighted by Crippen LogP contribution is -2.20. The Morgan fingerprint density at radius 2 is 2.00 bits per heavy atom. The van der Waals surface area contributed by atoms with Crippen molar-refractivity contribution in [2.24, 2.45) is 0 Å². The van der Waals surface area contributed by atoms with Crippen molar-refractivity contribution in [1.82, 2.24) is 24.2 Å². The van der Waals surface area contributed by atoms with Gasteiger partial charge in [-0.15, -0.1) is 0 Å². The molecular formula is C20H25N5. The van der Waals surface area contributed by atoms with E-state index in [0.29, 0.717) is 6.04 Å².